The van der Waals surface area contributed by atoms with E-state index in [1.165, 1.54) is 6.07 Å². The maximum absolute atomic E-state index is 15.1. The van der Waals surface area contributed by atoms with Crippen molar-refractivity contribution in [3.8, 4) is 0 Å². The number of allylic oxidation sites excluding steroid dienone is 2. The lowest BCUT2D eigenvalue weighted by molar-refractivity contribution is -0.119. The Morgan fingerprint density at radius 3 is 2.19 bits per heavy atom. The first-order chi connectivity index (χ1) is 19.8. The number of Topliss-reactive ketones (excluding diaryl/α,β-unsaturated/α-hetero) is 3. The summed E-state index contributed by atoms with van der Waals surface area (Å²) in [5, 5.41) is 0. The second-order valence-corrected chi connectivity index (χ2v) is 14.3. The molecule has 2 aromatic rings. The number of benzene rings is 2. The van der Waals surface area contributed by atoms with Gasteiger partial charge >= 0.3 is 0 Å². The topological polar surface area (TPSA) is 51.2 Å². The molecule has 226 valence electrons. The van der Waals surface area contributed by atoms with Crippen LogP contribution in [0.25, 0.3) is 5.57 Å². The molecule has 0 radical (unpaired) electrons. The minimum Gasteiger partial charge on any atom is -0.300 e. The van der Waals surface area contributed by atoms with Crippen LogP contribution in [0.4, 0.5) is 4.39 Å². The van der Waals surface area contributed by atoms with Crippen molar-refractivity contribution in [1.29, 1.82) is 0 Å². The smallest absolute Gasteiger partial charge is 0.166 e. The lowest BCUT2D eigenvalue weighted by atomic mass is 9.57. The second kappa shape index (κ2) is 13.2. The average Bonchev–Trinajstić information content (AvgIpc) is 3.05. The number of unbranched alkanes of at least 4 members (excludes halogenated alkanes) is 1. The predicted octanol–water partition coefficient (Wildman–Crippen LogP) is 9.79. The number of hydrogen-bond donors (Lipinski definition) is 0. The highest BCUT2D eigenvalue weighted by atomic mass is 19.1. The normalized spacial score (nSPS) is 25.5. The summed E-state index contributed by atoms with van der Waals surface area (Å²) in [5.74, 6) is 0.380. The van der Waals surface area contributed by atoms with E-state index < -0.39 is 0 Å². The molecule has 4 rings (SSSR count). The Kier molecular flexibility index (Phi) is 10.1. The molecule has 2 aliphatic rings. The van der Waals surface area contributed by atoms with Crippen LogP contribution in [0.3, 0.4) is 0 Å². The molecule has 42 heavy (non-hydrogen) atoms. The van der Waals surface area contributed by atoms with E-state index in [-0.39, 0.29) is 51.8 Å². The van der Waals surface area contributed by atoms with E-state index >= 15 is 4.39 Å². The molecule has 3 atom stereocenters. The van der Waals surface area contributed by atoms with Gasteiger partial charge in [-0.3, -0.25) is 9.59 Å². The van der Waals surface area contributed by atoms with E-state index in [0.717, 1.165) is 44.1 Å². The predicted molar refractivity (Wildman–Crippen MR) is 169 cm³/mol. The zero-order chi connectivity index (χ0) is 30.7. The van der Waals surface area contributed by atoms with E-state index in [4.69, 9.17) is 0 Å². The van der Waals surface area contributed by atoms with E-state index in [0.29, 0.717) is 41.9 Å². The van der Waals surface area contributed by atoms with Crippen molar-refractivity contribution >= 4 is 22.9 Å². The van der Waals surface area contributed by atoms with Gasteiger partial charge in [0.25, 0.3) is 0 Å². The zero-order valence-corrected chi connectivity index (χ0v) is 26.5. The Labute approximate surface area is 252 Å². The Bertz CT molecular complexity index is 1300. The lowest BCUT2D eigenvalue weighted by Crippen LogP contribution is -2.38. The monoisotopic (exact) mass is 572 g/mol. The second-order valence-electron chi connectivity index (χ2n) is 14.3. The maximum atomic E-state index is 15.1. The first-order valence-corrected chi connectivity index (χ1v) is 16.0. The summed E-state index contributed by atoms with van der Waals surface area (Å²) >= 11 is 0. The van der Waals surface area contributed by atoms with Crippen molar-refractivity contribution in [2.45, 2.75) is 105 Å². The van der Waals surface area contributed by atoms with Crippen LogP contribution in [0.5, 0.6) is 0 Å². The SMILES string of the molecule is CC(=O)CCCCC(=O)c1ccc(C(C)C2CC3(CCC(C(C)(C)C)CC3)C(C)C=C(c3ccccc3F)C2=O)cc1. The van der Waals surface area contributed by atoms with Crippen molar-refractivity contribution in [3.63, 3.8) is 0 Å². The third-order valence-electron chi connectivity index (χ3n) is 10.5. The van der Waals surface area contributed by atoms with Crippen LogP contribution >= 0.6 is 0 Å². The molecule has 0 aromatic heterocycles. The van der Waals surface area contributed by atoms with Crippen molar-refractivity contribution < 1.29 is 18.8 Å². The van der Waals surface area contributed by atoms with Crippen LogP contribution in [0.2, 0.25) is 0 Å². The third-order valence-corrected chi connectivity index (χ3v) is 10.5. The highest BCUT2D eigenvalue weighted by Gasteiger charge is 2.47. The summed E-state index contributed by atoms with van der Waals surface area (Å²) in [6, 6.07) is 14.4. The standard InChI is InChI=1S/C38H49FO3/c1-25-23-32(31-12-8-9-13-34(31)39)36(42)33(24-38(25)21-19-30(20-22-38)37(4,5)6)27(3)28-15-17-29(18-16-28)35(41)14-10-7-11-26(2)40/h8-9,12-13,15-18,23,25,27,30,33H,7,10-11,14,19-22,24H2,1-6H3. The molecule has 3 nitrogen and oxygen atoms in total. The number of ketones is 3. The summed E-state index contributed by atoms with van der Waals surface area (Å²) in [4.78, 5) is 38.3. The molecule has 2 aromatic carbocycles. The fourth-order valence-corrected chi connectivity index (χ4v) is 7.46. The fraction of sp³-hybridized carbons (Fsp3) is 0.553. The van der Waals surface area contributed by atoms with E-state index in [1.54, 1.807) is 25.1 Å². The molecule has 0 saturated heterocycles. The van der Waals surface area contributed by atoms with Gasteiger partial charge in [0.2, 0.25) is 0 Å². The third kappa shape index (κ3) is 7.18. The van der Waals surface area contributed by atoms with E-state index in [1.807, 2.05) is 24.3 Å². The number of hydrogen-bond acceptors (Lipinski definition) is 3. The summed E-state index contributed by atoms with van der Waals surface area (Å²) in [6.07, 6.45) is 9.69. The van der Waals surface area contributed by atoms with Gasteiger partial charge < -0.3 is 4.79 Å². The summed E-state index contributed by atoms with van der Waals surface area (Å²) in [6.45, 7) is 12.9. The van der Waals surface area contributed by atoms with Gasteiger partial charge in [0.05, 0.1) is 0 Å². The zero-order valence-electron chi connectivity index (χ0n) is 26.5. The highest BCUT2D eigenvalue weighted by molar-refractivity contribution is 6.22. The van der Waals surface area contributed by atoms with Gasteiger partial charge in [-0.15, -0.1) is 0 Å². The lowest BCUT2D eigenvalue weighted by Gasteiger charge is -2.47. The van der Waals surface area contributed by atoms with Crippen molar-refractivity contribution in [3.05, 3.63) is 77.1 Å². The van der Waals surface area contributed by atoms with Gasteiger partial charge in [-0.1, -0.05) is 83.2 Å². The van der Waals surface area contributed by atoms with Crippen LogP contribution in [0.1, 0.15) is 127 Å². The van der Waals surface area contributed by atoms with Crippen molar-refractivity contribution in [1.82, 2.24) is 0 Å². The van der Waals surface area contributed by atoms with Crippen LogP contribution < -0.4 is 0 Å². The van der Waals surface area contributed by atoms with Gasteiger partial charge in [0, 0.05) is 35.5 Å². The Morgan fingerprint density at radius 1 is 0.976 bits per heavy atom. The van der Waals surface area contributed by atoms with E-state index in [9.17, 15) is 14.4 Å². The van der Waals surface area contributed by atoms with Crippen LogP contribution in [0, 0.1) is 34.4 Å². The Hall–Kier alpha value is -2.88. The minimum atomic E-state index is -0.353. The Balaban J connectivity index is 1.62. The minimum absolute atomic E-state index is 0.000871. The Morgan fingerprint density at radius 2 is 1.60 bits per heavy atom. The van der Waals surface area contributed by atoms with Crippen LogP contribution in [-0.2, 0) is 9.59 Å². The van der Waals surface area contributed by atoms with Gasteiger partial charge in [-0.05, 0) is 92.1 Å². The molecule has 0 N–H and O–H groups in total. The number of carbonyl (C=O) groups excluding carboxylic acids is 3. The molecule has 4 heteroatoms. The van der Waals surface area contributed by atoms with Crippen LogP contribution in [0.15, 0.2) is 54.6 Å². The van der Waals surface area contributed by atoms with Gasteiger partial charge in [-0.2, -0.15) is 0 Å². The summed E-state index contributed by atoms with van der Waals surface area (Å²) in [5.41, 5.74) is 2.88. The largest absolute Gasteiger partial charge is 0.300 e. The first kappa shape index (κ1) is 32.0. The summed E-state index contributed by atoms with van der Waals surface area (Å²) < 4.78 is 15.1. The highest BCUT2D eigenvalue weighted by Crippen LogP contribution is 2.56. The summed E-state index contributed by atoms with van der Waals surface area (Å²) in [7, 11) is 0. The molecule has 1 spiro atoms. The van der Waals surface area contributed by atoms with Gasteiger partial charge in [0.15, 0.2) is 11.6 Å². The molecular formula is C38H49FO3. The van der Waals surface area contributed by atoms with E-state index in [2.05, 4.69) is 40.7 Å². The molecule has 0 aliphatic heterocycles. The van der Waals surface area contributed by atoms with Gasteiger partial charge in [0.1, 0.15) is 11.6 Å². The fourth-order valence-electron chi connectivity index (χ4n) is 7.46. The van der Waals surface area contributed by atoms with Crippen molar-refractivity contribution in [2.24, 2.45) is 28.6 Å². The van der Waals surface area contributed by atoms with Gasteiger partial charge in [-0.25, -0.2) is 4.39 Å². The maximum Gasteiger partial charge on any atom is 0.166 e. The molecule has 0 bridgehead atoms. The number of carbonyl (C=O) groups is 3. The molecule has 3 unspecified atom stereocenters. The first-order valence-electron chi connectivity index (χ1n) is 16.0. The van der Waals surface area contributed by atoms with Crippen LogP contribution in [-0.4, -0.2) is 17.3 Å². The molecule has 0 heterocycles. The number of rotatable bonds is 9. The quantitative estimate of drug-likeness (QED) is 0.222. The molecule has 1 saturated carbocycles. The average molecular weight is 573 g/mol. The molecule has 2 aliphatic carbocycles. The number of halogens is 1. The molecule has 1 fully saturated rings. The molecule has 0 amide bonds. The van der Waals surface area contributed by atoms with Crippen molar-refractivity contribution in [2.75, 3.05) is 0 Å². The molecular weight excluding hydrogens is 523 g/mol.